The van der Waals surface area contributed by atoms with Gasteiger partial charge in [-0.05, 0) is 42.8 Å². The van der Waals surface area contributed by atoms with Crippen molar-refractivity contribution in [2.75, 3.05) is 13.2 Å². The van der Waals surface area contributed by atoms with Crippen molar-refractivity contribution in [3.8, 4) is 6.01 Å². The van der Waals surface area contributed by atoms with E-state index in [0.717, 1.165) is 9.54 Å². The number of halogens is 2. The van der Waals surface area contributed by atoms with Gasteiger partial charge < -0.3 is 23.7 Å². The second-order valence-corrected chi connectivity index (χ2v) is 13.8. The first-order chi connectivity index (χ1) is 24.2. The number of esters is 3. The molecule has 2 aromatic carbocycles. The number of fused-ring (bicyclic) bond motifs is 2. The fourth-order valence-corrected chi connectivity index (χ4v) is 7.34. The van der Waals surface area contributed by atoms with E-state index in [1.165, 1.54) is 68.2 Å². The third kappa shape index (κ3) is 7.36. The molecule has 4 heterocycles. The lowest BCUT2D eigenvalue weighted by atomic mass is 10.1. The van der Waals surface area contributed by atoms with Crippen LogP contribution in [0.1, 0.15) is 38.1 Å². The third-order valence-corrected chi connectivity index (χ3v) is 9.92. The number of carbonyl (C=O) groups is 3. The highest BCUT2D eigenvalue weighted by molar-refractivity contribution is 7.90. The molecule has 51 heavy (non-hydrogen) atoms. The van der Waals surface area contributed by atoms with Gasteiger partial charge in [0.2, 0.25) is 0 Å². The highest BCUT2D eigenvalue weighted by Crippen LogP contribution is 2.37. The Labute approximate surface area is 295 Å². The van der Waals surface area contributed by atoms with Crippen LogP contribution in [0.5, 0.6) is 6.01 Å². The number of rotatable bonds is 11. The quantitative estimate of drug-likeness (QED) is 0.107. The van der Waals surface area contributed by atoms with E-state index in [1.807, 2.05) is 6.92 Å². The van der Waals surface area contributed by atoms with Crippen LogP contribution >= 0.6 is 11.6 Å². The summed E-state index contributed by atoms with van der Waals surface area (Å²) >= 11 is 6.45. The molecule has 268 valence electrons. The molecule has 0 radical (unpaired) electrons. The van der Waals surface area contributed by atoms with Crippen molar-refractivity contribution in [1.29, 1.82) is 0 Å². The number of hydrogen-bond donors (Lipinski definition) is 0. The zero-order valence-electron chi connectivity index (χ0n) is 27.6. The summed E-state index contributed by atoms with van der Waals surface area (Å²) in [4.78, 5) is 48.6. The van der Waals surface area contributed by atoms with E-state index in [1.54, 1.807) is 12.1 Å². The summed E-state index contributed by atoms with van der Waals surface area (Å²) in [6.07, 6.45) is -1.71. The Morgan fingerprint density at radius 1 is 0.980 bits per heavy atom. The first kappa shape index (κ1) is 35.7. The normalized spacial score (nSPS) is 18.9. The molecule has 4 atom stereocenters. The van der Waals surface area contributed by atoms with Crippen molar-refractivity contribution in [2.45, 2.75) is 63.6 Å². The monoisotopic (exact) mass is 743 g/mol. The number of carbonyl (C=O) groups excluding carboxylic acids is 3. The lowest BCUT2D eigenvalue weighted by Crippen LogP contribution is -2.40. The fraction of sp³-hybridized carbons (Fsp3) is 0.333. The van der Waals surface area contributed by atoms with Crippen molar-refractivity contribution < 1.29 is 50.9 Å². The van der Waals surface area contributed by atoms with Crippen LogP contribution in [-0.4, -0.2) is 81.3 Å². The van der Waals surface area contributed by atoms with Crippen molar-refractivity contribution in [3.63, 3.8) is 0 Å². The van der Waals surface area contributed by atoms with Crippen molar-refractivity contribution in [3.05, 3.63) is 77.1 Å². The van der Waals surface area contributed by atoms with Crippen LogP contribution in [0.15, 0.2) is 59.9 Å². The number of aryl methyl sites for hydroxylation is 1. The summed E-state index contributed by atoms with van der Waals surface area (Å²) in [5.74, 6) is -2.54. The maximum Gasteiger partial charge on any atom is 0.319 e. The second kappa shape index (κ2) is 14.2. The van der Waals surface area contributed by atoms with E-state index in [2.05, 4.69) is 15.0 Å². The van der Waals surface area contributed by atoms with Gasteiger partial charge in [-0.15, -0.1) is 0 Å². The summed E-state index contributed by atoms with van der Waals surface area (Å²) in [6.45, 7) is 4.99. The summed E-state index contributed by atoms with van der Waals surface area (Å²) < 4.78 is 72.0. The zero-order valence-corrected chi connectivity index (χ0v) is 29.2. The smallest absolute Gasteiger partial charge is 0.319 e. The number of ether oxygens (including phenoxy) is 5. The van der Waals surface area contributed by atoms with Crippen LogP contribution in [0.25, 0.3) is 22.1 Å². The molecule has 0 N–H and O–H groups in total. The van der Waals surface area contributed by atoms with Crippen LogP contribution in [0.4, 0.5) is 4.39 Å². The Balaban J connectivity index is 1.28. The molecule has 18 heteroatoms. The highest BCUT2D eigenvalue weighted by Gasteiger charge is 2.51. The van der Waals surface area contributed by atoms with Gasteiger partial charge >= 0.3 is 23.9 Å². The molecular weight excluding hydrogens is 713 g/mol. The highest BCUT2D eigenvalue weighted by atomic mass is 35.5. The Hall–Kier alpha value is -5.13. The van der Waals surface area contributed by atoms with Crippen LogP contribution in [0, 0.1) is 12.7 Å². The molecule has 1 fully saturated rings. The van der Waals surface area contributed by atoms with Crippen LogP contribution in [0.2, 0.25) is 5.15 Å². The molecule has 15 nitrogen and oxygen atoms in total. The number of nitrogens with zero attached hydrogens (tertiary/aromatic N) is 5. The molecule has 0 bridgehead atoms. The van der Waals surface area contributed by atoms with Crippen LogP contribution in [0.3, 0.4) is 0 Å². The molecule has 0 saturated carbocycles. The summed E-state index contributed by atoms with van der Waals surface area (Å²) in [5.41, 5.74) is 1.90. The van der Waals surface area contributed by atoms with Crippen molar-refractivity contribution >= 4 is 61.6 Å². The van der Waals surface area contributed by atoms with Crippen LogP contribution < -0.4 is 4.74 Å². The first-order valence-corrected chi connectivity index (χ1v) is 17.3. The van der Waals surface area contributed by atoms with E-state index in [9.17, 15) is 27.2 Å². The molecule has 6 rings (SSSR count). The Kier molecular flexibility index (Phi) is 9.97. The number of aromatic nitrogens is 5. The van der Waals surface area contributed by atoms with Gasteiger partial charge in [-0.3, -0.25) is 19.0 Å². The van der Waals surface area contributed by atoms with E-state index < -0.39 is 58.3 Å². The van der Waals surface area contributed by atoms with Gasteiger partial charge in [-0.25, -0.2) is 21.8 Å². The maximum absolute atomic E-state index is 14.4. The van der Waals surface area contributed by atoms with Gasteiger partial charge in [-0.1, -0.05) is 29.3 Å². The van der Waals surface area contributed by atoms with Gasteiger partial charge in [0.1, 0.15) is 24.0 Å². The number of hydrogen-bond acceptors (Lipinski definition) is 13. The van der Waals surface area contributed by atoms with Gasteiger partial charge in [0, 0.05) is 38.8 Å². The van der Waals surface area contributed by atoms with Crippen molar-refractivity contribution in [2.24, 2.45) is 0 Å². The van der Waals surface area contributed by atoms with E-state index >= 15 is 0 Å². The molecule has 0 unspecified atom stereocenters. The Morgan fingerprint density at radius 2 is 1.69 bits per heavy atom. The average molecular weight is 744 g/mol. The van der Waals surface area contributed by atoms with Gasteiger partial charge in [-0.2, -0.15) is 9.97 Å². The van der Waals surface area contributed by atoms with Gasteiger partial charge in [0.15, 0.2) is 29.2 Å². The lowest BCUT2D eigenvalue weighted by Gasteiger charge is -2.23. The minimum absolute atomic E-state index is 0.0733. The molecule has 0 amide bonds. The van der Waals surface area contributed by atoms with E-state index in [4.69, 9.17) is 35.3 Å². The maximum atomic E-state index is 14.4. The van der Waals surface area contributed by atoms with Crippen LogP contribution in [-0.2, 0) is 49.8 Å². The predicted molar refractivity (Wildman–Crippen MR) is 177 cm³/mol. The number of imidazole rings is 1. The molecule has 1 aliphatic heterocycles. The average Bonchev–Trinajstić information content (AvgIpc) is 3.74. The molecule has 0 aliphatic carbocycles. The molecule has 3 aromatic heterocycles. The SMILES string of the molecule is CC(=O)OC[C@H]1O[C@@H](n2cnc3c(Cl)nc(OCCc4cn(S(=O)(=O)c5ccc(C)cc5)c5ccc(F)cc45)nc32)[C@H](OC(C)=O)[C@@H]1OC(C)=O. The molecule has 1 saturated heterocycles. The molecule has 0 spiro atoms. The molecule has 1 aliphatic rings. The molecule has 5 aromatic rings. The topological polar surface area (TPSA) is 180 Å². The summed E-state index contributed by atoms with van der Waals surface area (Å²) in [5, 5.41) is 0.286. The Bertz CT molecular complexity index is 2260. The lowest BCUT2D eigenvalue weighted by molar-refractivity contribution is -0.166. The Morgan fingerprint density at radius 3 is 2.37 bits per heavy atom. The summed E-state index contributed by atoms with van der Waals surface area (Å²) in [7, 11) is -4.02. The fourth-order valence-electron chi connectivity index (χ4n) is 5.74. The van der Waals surface area contributed by atoms with Crippen molar-refractivity contribution in [1.82, 2.24) is 23.5 Å². The zero-order chi connectivity index (χ0) is 36.6. The first-order valence-electron chi connectivity index (χ1n) is 15.5. The van der Waals surface area contributed by atoms with Gasteiger partial charge in [0.05, 0.1) is 23.3 Å². The largest absolute Gasteiger partial charge is 0.463 e. The minimum atomic E-state index is -4.02. The predicted octanol–water partition coefficient (Wildman–Crippen LogP) is 4.06. The molecular formula is C33H31ClFN5O10S. The third-order valence-electron chi connectivity index (χ3n) is 7.97. The minimum Gasteiger partial charge on any atom is -0.463 e. The van der Waals surface area contributed by atoms with Gasteiger partial charge in [0.25, 0.3) is 10.0 Å². The standard InChI is InChI=1S/C33H31ClFN5O10S/c1-17-5-8-23(9-6-17)51(44,45)40-14-21(24-13-22(35)7-10-25(24)40)11-12-46-33-37-30(34)27-31(38-33)39(16-36-27)32-29(49-20(4)43)28(48-19(3)42)26(50-32)15-47-18(2)41/h5-10,13-14,16,26,28-29,32H,11-12,15H2,1-4H3/t26-,28-,29-,32-/m1/s1. The van der Waals surface area contributed by atoms with E-state index in [0.29, 0.717) is 10.9 Å². The number of benzene rings is 2. The summed E-state index contributed by atoms with van der Waals surface area (Å²) in [6, 6.07) is 10.0. The second-order valence-electron chi connectivity index (χ2n) is 11.7. The van der Waals surface area contributed by atoms with E-state index in [-0.39, 0.29) is 52.4 Å².